The standard InChI is InChI=1S/C18H24N2O2S/c1-2-18(13-21)9-11-20(12-10-18)17(22)8-7-16-19-14-5-3-4-6-15(14)23-16/h3-6,21H,2,7-13H2,1H3. The number of carbonyl (C=O) groups excluding carboxylic acids is 1. The minimum absolute atomic E-state index is 0.0316. The van der Waals surface area contributed by atoms with Crippen LogP contribution in [0.5, 0.6) is 0 Å². The van der Waals surface area contributed by atoms with E-state index in [-0.39, 0.29) is 17.9 Å². The maximum Gasteiger partial charge on any atom is 0.222 e. The number of likely N-dealkylation sites (tertiary alicyclic amines) is 1. The van der Waals surface area contributed by atoms with E-state index in [0.29, 0.717) is 12.8 Å². The average Bonchev–Trinajstić information content (AvgIpc) is 3.02. The lowest BCUT2D eigenvalue weighted by atomic mass is 9.77. The number of aryl methyl sites for hydroxylation is 1. The summed E-state index contributed by atoms with van der Waals surface area (Å²) in [5.41, 5.74) is 1.05. The van der Waals surface area contributed by atoms with Crippen molar-refractivity contribution in [1.82, 2.24) is 9.88 Å². The zero-order valence-electron chi connectivity index (χ0n) is 13.6. The van der Waals surface area contributed by atoms with Gasteiger partial charge in [0.15, 0.2) is 0 Å². The molecule has 1 aromatic carbocycles. The summed E-state index contributed by atoms with van der Waals surface area (Å²) in [6.45, 7) is 3.90. The summed E-state index contributed by atoms with van der Waals surface area (Å²) >= 11 is 1.68. The van der Waals surface area contributed by atoms with Gasteiger partial charge in [-0.25, -0.2) is 4.98 Å². The molecule has 1 saturated heterocycles. The highest BCUT2D eigenvalue weighted by atomic mass is 32.1. The maximum atomic E-state index is 12.4. The highest BCUT2D eigenvalue weighted by molar-refractivity contribution is 7.18. The Morgan fingerprint density at radius 1 is 1.35 bits per heavy atom. The van der Waals surface area contributed by atoms with Crippen LogP contribution in [-0.4, -0.2) is 40.6 Å². The van der Waals surface area contributed by atoms with Gasteiger partial charge in [-0.2, -0.15) is 0 Å². The van der Waals surface area contributed by atoms with Gasteiger partial charge in [-0.1, -0.05) is 19.1 Å². The van der Waals surface area contributed by atoms with Crippen molar-refractivity contribution in [1.29, 1.82) is 0 Å². The summed E-state index contributed by atoms with van der Waals surface area (Å²) < 4.78 is 1.18. The minimum atomic E-state index is 0.0316. The van der Waals surface area contributed by atoms with Crippen LogP contribution in [0, 0.1) is 5.41 Å². The third kappa shape index (κ3) is 3.56. The van der Waals surface area contributed by atoms with Crippen molar-refractivity contribution in [3.8, 4) is 0 Å². The Hall–Kier alpha value is -1.46. The maximum absolute atomic E-state index is 12.4. The van der Waals surface area contributed by atoms with Crippen LogP contribution in [0.4, 0.5) is 0 Å². The molecule has 1 fully saturated rings. The molecule has 0 unspecified atom stereocenters. The van der Waals surface area contributed by atoms with E-state index in [9.17, 15) is 9.90 Å². The highest BCUT2D eigenvalue weighted by Gasteiger charge is 2.33. The van der Waals surface area contributed by atoms with E-state index in [1.807, 2.05) is 23.1 Å². The Labute approximate surface area is 141 Å². The zero-order chi connectivity index (χ0) is 16.3. The van der Waals surface area contributed by atoms with Crippen molar-refractivity contribution >= 4 is 27.5 Å². The summed E-state index contributed by atoms with van der Waals surface area (Å²) in [4.78, 5) is 19.0. The van der Waals surface area contributed by atoms with Crippen LogP contribution >= 0.6 is 11.3 Å². The summed E-state index contributed by atoms with van der Waals surface area (Å²) in [5.74, 6) is 0.215. The number of amides is 1. The number of piperidine rings is 1. The van der Waals surface area contributed by atoms with Gasteiger partial charge in [0, 0.05) is 32.5 Å². The van der Waals surface area contributed by atoms with Crippen molar-refractivity contribution in [3.63, 3.8) is 0 Å². The lowest BCUT2D eigenvalue weighted by Gasteiger charge is -2.40. The molecule has 0 bridgehead atoms. The van der Waals surface area contributed by atoms with E-state index in [1.165, 1.54) is 4.70 Å². The number of fused-ring (bicyclic) bond motifs is 1. The predicted molar refractivity (Wildman–Crippen MR) is 93.6 cm³/mol. The molecular weight excluding hydrogens is 308 g/mol. The van der Waals surface area contributed by atoms with Gasteiger partial charge in [-0.3, -0.25) is 4.79 Å². The van der Waals surface area contributed by atoms with Gasteiger partial charge < -0.3 is 10.0 Å². The molecule has 3 rings (SSSR count). The molecule has 1 aliphatic rings. The van der Waals surface area contributed by atoms with Gasteiger partial charge in [-0.15, -0.1) is 11.3 Å². The first-order chi connectivity index (χ1) is 11.2. The number of hydrogen-bond donors (Lipinski definition) is 1. The van der Waals surface area contributed by atoms with Crippen LogP contribution < -0.4 is 0 Å². The number of benzene rings is 1. The van der Waals surface area contributed by atoms with Crippen LogP contribution in [-0.2, 0) is 11.2 Å². The van der Waals surface area contributed by atoms with Crippen molar-refractivity contribution in [2.45, 2.75) is 39.0 Å². The number of aromatic nitrogens is 1. The zero-order valence-corrected chi connectivity index (χ0v) is 14.4. The molecule has 2 heterocycles. The van der Waals surface area contributed by atoms with Crippen LogP contribution in [0.3, 0.4) is 0 Å². The van der Waals surface area contributed by atoms with Crippen LogP contribution in [0.15, 0.2) is 24.3 Å². The summed E-state index contributed by atoms with van der Waals surface area (Å²) in [6.07, 6.45) is 4.04. The van der Waals surface area contributed by atoms with Crippen LogP contribution in [0.1, 0.15) is 37.6 Å². The van der Waals surface area contributed by atoms with Crippen molar-refractivity contribution < 1.29 is 9.90 Å². The highest BCUT2D eigenvalue weighted by Crippen LogP contribution is 2.34. The fourth-order valence-electron chi connectivity index (χ4n) is 3.25. The molecule has 0 saturated carbocycles. The molecule has 124 valence electrons. The molecule has 1 N–H and O–H groups in total. The Balaban J connectivity index is 1.54. The second-order valence-corrected chi connectivity index (χ2v) is 7.58. The normalized spacial score (nSPS) is 17.6. The fourth-order valence-corrected chi connectivity index (χ4v) is 4.22. The molecule has 5 heteroatoms. The summed E-state index contributed by atoms with van der Waals surface area (Å²) in [7, 11) is 0. The van der Waals surface area contributed by atoms with Crippen LogP contribution in [0.2, 0.25) is 0 Å². The number of aliphatic hydroxyl groups excluding tert-OH is 1. The lowest BCUT2D eigenvalue weighted by molar-refractivity contribution is -0.134. The third-order valence-electron chi connectivity index (χ3n) is 5.15. The molecular formula is C18H24N2O2S. The second-order valence-electron chi connectivity index (χ2n) is 6.47. The molecule has 0 atom stereocenters. The first-order valence-electron chi connectivity index (χ1n) is 8.39. The summed E-state index contributed by atoms with van der Waals surface area (Å²) in [6, 6.07) is 8.10. The van der Waals surface area contributed by atoms with Gasteiger partial charge in [0.2, 0.25) is 5.91 Å². The quantitative estimate of drug-likeness (QED) is 0.914. The Morgan fingerprint density at radius 2 is 2.09 bits per heavy atom. The van der Waals surface area contributed by atoms with E-state index < -0.39 is 0 Å². The number of para-hydroxylation sites is 1. The Bertz CT molecular complexity index is 635. The van der Waals surface area contributed by atoms with Crippen molar-refractivity contribution in [3.05, 3.63) is 29.3 Å². The summed E-state index contributed by atoms with van der Waals surface area (Å²) in [5, 5.41) is 10.6. The predicted octanol–water partition coefficient (Wildman–Crippen LogP) is 3.24. The van der Waals surface area contributed by atoms with Crippen LogP contribution in [0.25, 0.3) is 10.2 Å². The molecule has 0 radical (unpaired) electrons. The van der Waals surface area contributed by atoms with E-state index in [2.05, 4.69) is 18.0 Å². The first-order valence-corrected chi connectivity index (χ1v) is 9.20. The van der Waals surface area contributed by atoms with Gasteiger partial charge in [-0.05, 0) is 36.8 Å². The number of aliphatic hydroxyl groups is 1. The monoisotopic (exact) mass is 332 g/mol. The SMILES string of the molecule is CCC1(CO)CCN(C(=O)CCc2nc3ccccc3s2)CC1. The number of nitrogens with zero attached hydrogens (tertiary/aromatic N) is 2. The van der Waals surface area contributed by atoms with Crippen molar-refractivity contribution in [2.24, 2.45) is 5.41 Å². The topological polar surface area (TPSA) is 53.4 Å². The van der Waals surface area contributed by atoms with E-state index >= 15 is 0 Å². The van der Waals surface area contributed by atoms with Gasteiger partial charge in [0.1, 0.15) is 0 Å². The lowest BCUT2D eigenvalue weighted by Crippen LogP contribution is -2.44. The molecule has 0 aliphatic carbocycles. The first kappa shape index (κ1) is 16.4. The van der Waals surface area contributed by atoms with Gasteiger partial charge >= 0.3 is 0 Å². The fraction of sp³-hybridized carbons (Fsp3) is 0.556. The largest absolute Gasteiger partial charge is 0.396 e. The molecule has 1 aliphatic heterocycles. The average molecular weight is 332 g/mol. The minimum Gasteiger partial charge on any atom is -0.396 e. The molecule has 0 spiro atoms. The third-order valence-corrected chi connectivity index (χ3v) is 6.25. The number of rotatable bonds is 5. The van der Waals surface area contributed by atoms with E-state index in [4.69, 9.17) is 0 Å². The van der Waals surface area contributed by atoms with E-state index in [1.54, 1.807) is 11.3 Å². The Kier molecular flexibility index (Phi) is 4.97. The molecule has 4 nitrogen and oxygen atoms in total. The molecule has 23 heavy (non-hydrogen) atoms. The molecule has 2 aromatic rings. The second kappa shape index (κ2) is 6.97. The number of carbonyl (C=O) groups is 1. The Morgan fingerprint density at radius 3 is 2.74 bits per heavy atom. The van der Waals surface area contributed by atoms with E-state index in [0.717, 1.165) is 42.9 Å². The molecule has 1 amide bonds. The molecule has 1 aromatic heterocycles. The number of hydrogen-bond acceptors (Lipinski definition) is 4. The van der Waals surface area contributed by atoms with Crippen molar-refractivity contribution in [2.75, 3.05) is 19.7 Å². The number of thiazole rings is 1. The van der Waals surface area contributed by atoms with Gasteiger partial charge in [0.25, 0.3) is 0 Å². The van der Waals surface area contributed by atoms with Gasteiger partial charge in [0.05, 0.1) is 15.2 Å². The smallest absolute Gasteiger partial charge is 0.222 e.